The summed E-state index contributed by atoms with van der Waals surface area (Å²) < 4.78 is 5.67. The minimum absolute atomic E-state index is 0.0988. The first-order valence-electron chi connectivity index (χ1n) is 8.56. The van der Waals surface area contributed by atoms with Gasteiger partial charge in [0.05, 0.1) is 4.92 Å². The SMILES string of the molecule is Nc1nc(N2CCC(NCCOc3ccccc3)CC2)ncc1[N+](=O)[O-]. The van der Waals surface area contributed by atoms with Gasteiger partial charge in [-0.3, -0.25) is 10.1 Å². The van der Waals surface area contributed by atoms with Crippen molar-refractivity contribution in [2.75, 3.05) is 36.9 Å². The van der Waals surface area contributed by atoms with Crippen molar-refractivity contribution in [2.45, 2.75) is 18.9 Å². The molecule has 0 spiro atoms. The third-order valence-corrected chi connectivity index (χ3v) is 4.31. The van der Waals surface area contributed by atoms with Crippen molar-refractivity contribution >= 4 is 17.5 Å². The van der Waals surface area contributed by atoms with Gasteiger partial charge < -0.3 is 20.7 Å². The number of aromatic nitrogens is 2. The molecule has 0 aliphatic carbocycles. The Morgan fingerprint density at radius 2 is 2.04 bits per heavy atom. The fraction of sp³-hybridized carbons (Fsp3) is 0.412. The van der Waals surface area contributed by atoms with Crippen LogP contribution in [-0.2, 0) is 0 Å². The number of benzene rings is 1. The number of nitrogens with zero attached hydrogens (tertiary/aromatic N) is 4. The summed E-state index contributed by atoms with van der Waals surface area (Å²) in [6.07, 6.45) is 3.04. The molecular weight excluding hydrogens is 336 g/mol. The van der Waals surface area contributed by atoms with E-state index in [9.17, 15) is 10.1 Å². The van der Waals surface area contributed by atoms with Crippen molar-refractivity contribution in [3.63, 3.8) is 0 Å². The molecule has 3 rings (SSSR count). The second-order valence-electron chi connectivity index (χ2n) is 6.07. The van der Waals surface area contributed by atoms with Crippen molar-refractivity contribution in [1.29, 1.82) is 0 Å². The highest BCUT2D eigenvalue weighted by atomic mass is 16.6. The van der Waals surface area contributed by atoms with Crippen LogP contribution in [0.2, 0.25) is 0 Å². The maximum Gasteiger partial charge on any atom is 0.329 e. The molecule has 9 nitrogen and oxygen atoms in total. The Morgan fingerprint density at radius 1 is 1.31 bits per heavy atom. The van der Waals surface area contributed by atoms with Gasteiger partial charge in [-0.25, -0.2) is 4.98 Å². The van der Waals surface area contributed by atoms with Crippen LogP contribution in [-0.4, -0.2) is 47.2 Å². The molecule has 0 amide bonds. The fourth-order valence-corrected chi connectivity index (χ4v) is 2.90. The molecule has 0 atom stereocenters. The van der Waals surface area contributed by atoms with Gasteiger partial charge in [0.2, 0.25) is 11.8 Å². The van der Waals surface area contributed by atoms with Gasteiger partial charge in [0.15, 0.2) is 0 Å². The lowest BCUT2D eigenvalue weighted by Crippen LogP contribution is -2.44. The number of nitrogens with one attached hydrogen (secondary N) is 1. The first kappa shape index (κ1) is 17.9. The Hall–Kier alpha value is -2.94. The molecule has 1 aliphatic heterocycles. The van der Waals surface area contributed by atoms with Gasteiger partial charge in [-0.15, -0.1) is 0 Å². The quantitative estimate of drug-likeness (QED) is 0.435. The summed E-state index contributed by atoms with van der Waals surface area (Å²) in [5.74, 6) is 1.22. The van der Waals surface area contributed by atoms with Crippen molar-refractivity contribution in [2.24, 2.45) is 0 Å². The van der Waals surface area contributed by atoms with E-state index in [0.29, 0.717) is 18.6 Å². The lowest BCUT2D eigenvalue weighted by Gasteiger charge is -2.32. The summed E-state index contributed by atoms with van der Waals surface area (Å²) in [6, 6.07) is 10.1. The van der Waals surface area contributed by atoms with Gasteiger partial charge in [-0.05, 0) is 25.0 Å². The van der Waals surface area contributed by atoms with E-state index in [1.165, 1.54) is 6.20 Å². The number of para-hydroxylation sites is 1. The smallest absolute Gasteiger partial charge is 0.329 e. The monoisotopic (exact) mass is 358 g/mol. The van der Waals surface area contributed by atoms with Gasteiger partial charge >= 0.3 is 5.69 Å². The highest BCUT2D eigenvalue weighted by Crippen LogP contribution is 2.22. The Balaban J connectivity index is 1.41. The lowest BCUT2D eigenvalue weighted by atomic mass is 10.1. The number of piperidine rings is 1. The summed E-state index contributed by atoms with van der Waals surface area (Å²) in [5, 5.41) is 14.3. The molecule has 1 aromatic carbocycles. The molecule has 0 unspecified atom stereocenters. The number of rotatable bonds is 7. The maximum atomic E-state index is 10.8. The molecule has 1 fully saturated rings. The zero-order chi connectivity index (χ0) is 18.4. The third-order valence-electron chi connectivity index (χ3n) is 4.31. The average molecular weight is 358 g/mol. The van der Waals surface area contributed by atoms with Crippen molar-refractivity contribution in [3.8, 4) is 5.75 Å². The van der Waals surface area contributed by atoms with Crippen LogP contribution < -0.4 is 20.7 Å². The second-order valence-corrected chi connectivity index (χ2v) is 6.07. The minimum Gasteiger partial charge on any atom is -0.492 e. The number of anilines is 2. The fourth-order valence-electron chi connectivity index (χ4n) is 2.90. The summed E-state index contributed by atoms with van der Waals surface area (Å²) >= 11 is 0. The molecule has 9 heteroatoms. The number of hydrogen-bond donors (Lipinski definition) is 2. The van der Waals surface area contributed by atoms with Gasteiger partial charge in [-0.1, -0.05) is 18.2 Å². The molecule has 0 saturated carbocycles. The molecule has 0 radical (unpaired) electrons. The number of hydrogen-bond acceptors (Lipinski definition) is 8. The second kappa shape index (κ2) is 8.43. The molecule has 2 heterocycles. The number of nitrogen functional groups attached to an aromatic ring is 1. The van der Waals surface area contributed by atoms with E-state index < -0.39 is 4.92 Å². The average Bonchev–Trinajstić information content (AvgIpc) is 2.66. The maximum absolute atomic E-state index is 10.8. The van der Waals surface area contributed by atoms with Crippen LogP contribution in [0.25, 0.3) is 0 Å². The molecule has 1 saturated heterocycles. The zero-order valence-corrected chi connectivity index (χ0v) is 14.4. The van der Waals surface area contributed by atoms with Gasteiger partial charge in [0.25, 0.3) is 0 Å². The Morgan fingerprint density at radius 3 is 2.69 bits per heavy atom. The number of nitro groups is 1. The molecular formula is C17H22N6O3. The van der Waals surface area contributed by atoms with E-state index in [1.54, 1.807) is 0 Å². The molecule has 138 valence electrons. The van der Waals surface area contributed by atoms with Gasteiger partial charge in [0.1, 0.15) is 18.6 Å². The first-order valence-corrected chi connectivity index (χ1v) is 8.56. The van der Waals surface area contributed by atoms with Crippen LogP contribution in [0.3, 0.4) is 0 Å². The molecule has 0 bridgehead atoms. The molecule has 26 heavy (non-hydrogen) atoms. The summed E-state index contributed by atoms with van der Waals surface area (Å²) in [6.45, 7) is 2.94. The van der Waals surface area contributed by atoms with Gasteiger partial charge in [-0.2, -0.15) is 4.98 Å². The minimum atomic E-state index is -0.577. The Labute approximate surface area is 151 Å². The molecule has 1 aliphatic rings. The van der Waals surface area contributed by atoms with Crippen LogP contribution in [0.5, 0.6) is 5.75 Å². The topological polar surface area (TPSA) is 119 Å². The first-order chi connectivity index (χ1) is 12.6. The number of nitrogens with two attached hydrogens (primary N) is 1. The van der Waals surface area contributed by atoms with Crippen LogP contribution in [0.15, 0.2) is 36.5 Å². The van der Waals surface area contributed by atoms with Crippen molar-refractivity contribution in [3.05, 3.63) is 46.6 Å². The highest BCUT2D eigenvalue weighted by Gasteiger charge is 2.22. The van der Waals surface area contributed by atoms with Crippen LogP contribution >= 0.6 is 0 Å². The molecule has 2 aromatic rings. The zero-order valence-electron chi connectivity index (χ0n) is 14.4. The third kappa shape index (κ3) is 4.57. The van der Waals surface area contributed by atoms with E-state index in [1.807, 2.05) is 35.2 Å². The van der Waals surface area contributed by atoms with Crippen LogP contribution in [0, 0.1) is 10.1 Å². The van der Waals surface area contributed by atoms with E-state index in [0.717, 1.165) is 38.2 Å². The largest absolute Gasteiger partial charge is 0.492 e. The molecule has 1 aromatic heterocycles. The van der Waals surface area contributed by atoms with Crippen LogP contribution in [0.4, 0.5) is 17.5 Å². The number of ether oxygens (including phenoxy) is 1. The lowest BCUT2D eigenvalue weighted by molar-refractivity contribution is -0.384. The normalized spacial score (nSPS) is 15.0. The van der Waals surface area contributed by atoms with Crippen molar-refractivity contribution in [1.82, 2.24) is 15.3 Å². The predicted molar refractivity (Wildman–Crippen MR) is 98.3 cm³/mol. The summed E-state index contributed by atoms with van der Waals surface area (Å²) in [4.78, 5) is 20.3. The standard InChI is InChI=1S/C17H22N6O3/c18-16-15(23(24)25)12-20-17(21-16)22-9-6-13(7-10-22)19-8-11-26-14-4-2-1-3-5-14/h1-5,12-13,19H,6-11H2,(H2,18,20,21). The van der Waals surface area contributed by atoms with E-state index >= 15 is 0 Å². The molecule has 3 N–H and O–H groups in total. The van der Waals surface area contributed by atoms with Crippen molar-refractivity contribution < 1.29 is 9.66 Å². The summed E-state index contributed by atoms with van der Waals surface area (Å²) in [5.41, 5.74) is 5.38. The summed E-state index contributed by atoms with van der Waals surface area (Å²) in [7, 11) is 0. The Bertz CT molecular complexity index is 735. The van der Waals surface area contributed by atoms with Crippen LogP contribution in [0.1, 0.15) is 12.8 Å². The van der Waals surface area contributed by atoms with E-state index in [4.69, 9.17) is 10.5 Å². The van der Waals surface area contributed by atoms with E-state index in [-0.39, 0.29) is 11.5 Å². The highest BCUT2D eigenvalue weighted by molar-refractivity contribution is 5.53. The predicted octanol–water partition coefficient (Wildman–Crippen LogP) is 1.60. The Kier molecular flexibility index (Phi) is 5.80. The van der Waals surface area contributed by atoms with E-state index in [2.05, 4.69) is 15.3 Å². The van der Waals surface area contributed by atoms with Gasteiger partial charge in [0, 0.05) is 25.7 Å².